The van der Waals surface area contributed by atoms with Gasteiger partial charge in [0.25, 0.3) is 0 Å². The number of pyridine rings is 1. The summed E-state index contributed by atoms with van der Waals surface area (Å²) < 4.78 is 0. The summed E-state index contributed by atoms with van der Waals surface area (Å²) in [6, 6.07) is 4.74. The summed E-state index contributed by atoms with van der Waals surface area (Å²) in [5.41, 5.74) is -0.378. The Labute approximate surface area is 101 Å². The van der Waals surface area contributed by atoms with E-state index >= 15 is 0 Å². The summed E-state index contributed by atoms with van der Waals surface area (Å²) in [4.78, 5) is 25.2. The Morgan fingerprint density at radius 2 is 1.72 bits per heavy atom. The number of carbonyl (C=O) groups excluding carboxylic acids is 1. The van der Waals surface area contributed by atoms with Crippen molar-refractivity contribution in [2.24, 2.45) is 0 Å². The van der Waals surface area contributed by atoms with Crippen molar-refractivity contribution in [1.82, 2.24) is 4.98 Å². The number of benzene rings is 1. The number of H-pyrrole nitrogens is 1. The zero-order valence-corrected chi connectivity index (χ0v) is 9.04. The molecule has 4 N–H and O–H groups in total. The average Bonchev–Trinajstić information content (AvgIpc) is 2.36. The fourth-order valence-corrected chi connectivity index (χ4v) is 1.46. The molecule has 2 rings (SSSR count). The third-order valence-electron chi connectivity index (χ3n) is 2.42. The number of aromatic nitrogens is 1. The van der Waals surface area contributed by atoms with Crippen molar-refractivity contribution < 1.29 is 20.1 Å². The molecule has 6 heteroatoms. The fraction of sp³-hybridized carbons (Fsp3) is 0. The fourth-order valence-electron chi connectivity index (χ4n) is 1.46. The van der Waals surface area contributed by atoms with E-state index < -0.39 is 23.0 Å². The first-order valence-corrected chi connectivity index (χ1v) is 4.98. The number of rotatable bonds is 2. The van der Waals surface area contributed by atoms with Crippen molar-refractivity contribution in [3.8, 4) is 17.2 Å². The summed E-state index contributed by atoms with van der Waals surface area (Å²) in [6.07, 6.45) is 1.20. The lowest BCUT2D eigenvalue weighted by Crippen LogP contribution is -2.08. The van der Waals surface area contributed by atoms with Gasteiger partial charge < -0.3 is 20.3 Å². The highest BCUT2D eigenvalue weighted by Crippen LogP contribution is 2.37. The molecule has 0 spiro atoms. The van der Waals surface area contributed by atoms with Crippen LogP contribution in [0.4, 0.5) is 0 Å². The molecule has 0 bridgehead atoms. The predicted molar refractivity (Wildman–Crippen MR) is 61.9 cm³/mol. The number of carbonyl (C=O) groups is 1. The number of hydrogen-bond acceptors (Lipinski definition) is 5. The Morgan fingerprint density at radius 3 is 2.33 bits per heavy atom. The van der Waals surface area contributed by atoms with E-state index in [1.54, 1.807) is 0 Å². The Balaban J connectivity index is 2.50. The molecule has 0 aliphatic heterocycles. The van der Waals surface area contributed by atoms with Crippen molar-refractivity contribution in [2.75, 3.05) is 0 Å². The van der Waals surface area contributed by atoms with Crippen molar-refractivity contribution in [3.63, 3.8) is 0 Å². The maximum atomic E-state index is 12.0. The van der Waals surface area contributed by atoms with Gasteiger partial charge in [0.2, 0.25) is 11.3 Å². The molecule has 0 aliphatic rings. The number of aromatic hydroxyl groups is 3. The first-order chi connectivity index (χ1) is 8.50. The van der Waals surface area contributed by atoms with Gasteiger partial charge in [-0.15, -0.1) is 0 Å². The maximum absolute atomic E-state index is 12.0. The molecular weight excluding hydrogens is 238 g/mol. The van der Waals surface area contributed by atoms with Gasteiger partial charge in [0.05, 0.1) is 5.56 Å². The largest absolute Gasteiger partial charge is 0.504 e. The van der Waals surface area contributed by atoms with E-state index in [2.05, 4.69) is 4.98 Å². The van der Waals surface area contributed by atoms with Crippen LogP contribution in [0.15, 0.2) is 35.3 Å². The van der Waals surface area contributed by atoms with Gasteiger partial charge in [-0.1, -0.05) is 0 Å². The second-order valence-corrected chi connectivity index (χ2v) is 3.60. The number of ketones is 1. The molecule has 1 heterocycles. The molecule has 0 amide bonds. The number of phenols is 3. The van der Waals surface area contributed by atoms with Crippen molar-refractivity contribution in [3.05, 3.63) is 51.9 Å². The number of aromatic amines is 1. The van der Waals surface area contributed by atoms with E-state index in [4.69, 9.17) is 5.11 Å². The molecule has 6 nitrogen and oxygen atoms in total. The van der Waals surface area contributed by atoms with Crippen molar-refractivity contribution in [1.29, 1.82) is 0 Å². The van der Waals surface area contributed by atoms with Crippen LogP contribution in [-0.2, 0) is 0 Å². The van der Waals surface area contributed by atoms with Gasteiger partial charge in [-0.3, -0.25) is 9.59 Å². The van der Waals surface area contributed by atoms with Crippen LogP contribution < -0.4 is 5.56 Å². The molecule has 0 saturated carbocycles. The molecule has 0 fully saturated rings. The van der Waals surface area contributed by atoms with E-state index in [1.165, 1.54) is 24.4 Å². The van der Waals surface area contributed by atoms with Gasteiger partial charge in [-0.2, -0.15) is 0 Å². The van der Waals surface area contributed by atoms with E-state index in [0.29, 0.717) is 0 Å². The molecule has 0 aliphatic carbocycles. The van der Waals surface area contributed by atoms with E-state index in [-0.39, 0.29) is 16.7 Å². The van der Waals surface area contributed by atoms with Crippen LogP contribution in [0.25, 0.3) is 0 Å². The van der Waals surface area contributed by atoms with Gasteiger partial charge in [-0.25, -0.2) is 0 Å². The van der Waals surface area contributed by atoms with Crippen molar-refractivity contribution in [2.45, 2.75) is 0 Å². The van der Waals surface area contributed by atoms with Crippen LogP contribution in [0.2, 0.25) is 0 Å². The lowest BCUT2D eigenvalue weighted by Gasteiger charge is -2.06. The molecule has 0 unspecified atom stereocenters. The average molecular weight is 247 g/mol. The van der Waals surface area contributed by atoms with Crippen LogP contribution in [0, 0.1) is 0 Å². The second kappa shape index (κ2) is 4.25. The Morgan fingerprint density at radius 1 is 1.00 bits per heavy atom. The number of hydrogen-bond donors (Lipinski definition) is 4. The van der Waals surface area contributed by atoms with Gasteiger partial charge in [-0.05, 0) is 18.2 Å². The van der Waals surface area contributed by atoms with E-state index in [1.807, 2.05) is 0 Å². The van der Waals surface area contributed by atoms with E-state index in [9.17, 15) is 19.8 Å². The van der Waals surface area contributed by atoms with Gasteiger partial charge in [0.15, 0.2) is 17.3 Å². The minimum absolute atomic E-state index is 0.148. The van der Waals surface area contributed by atoms with Crippen LogP contribution in [0.1, 0.15) is 15.9 Å². The summed E-state index contributed by atoms with van der Waals surface area (Å²) in [5, 5.41) is 28.0. The topological polar surface area (TPSA) is 111 Å². The molecule has 1 aromatic carbocycles. The highest BCUT2D eigenvalue weighted by molar-refractivity contribution is 6.11. The smallest absolute Gasteiger partial charge is 0.247 e. The van der Waals surface area contributed by atoms with Crippen LogP contribution in [0.3, 0.4) is 0 Å². The first-order valence-electron chi connectivity index (χ1n) is 4.98. The summed E-state index contributed by atoms with van der Waals surface area (Å²) in [5.74, 6) is -2.57. The van der Waals surface area contributed by atoms with Crippen molar-refractivity contribution >= 4 is 5.78 Å². The quantitative estimate of drug-likeness (QED) is 0.461. The first kappa shape index (κ1) is 11.7. The summed E-state index contributed by atoms with van der Waals surface area (Å²) in [6.45, 7) is 0. The van der Waals surface area contributed by atoms with Gasteiger partial charge >= 0.3 is 0 Å². The Bertz CT molecular complexity index is 654. The predicted octanol–water partition coefficient (Wildman–Crippen LogP) is 0.723. The van der Waals surface area contributed by atoms with Crippen LogP contribution in [0.5, 0.6) is 17.2 Å². The molecule has 0 atom stereocenters. The van der Waals surface area contributed by atoms with Crippen LogP contribution >= 0.6 is 0 Å². The normalized spacial score (nSPS) is 10.2. The van der Waals surface area contributed by atoms with Gasteiger partial charge in [0.1, 0.15) is 0 Å². The van der Waals surface area contributed by atoms with Gasteiger partial charge in [0, 0.05) is 17.8 Å². The maximum Gasteiger partial charge on any atom is 0.247 e. The number of nitrogens with one attached hydrogen (secondary N) is 1. The molecule has 18 heavy (non-hydrogen) atoms. The second-order valence-electron chi connectivity index (χ2n) is 3.60. The zero-order chi connectivity index (χ0) is 13.3. The molecule has 1 aromatic heterocycles. The lowest BCUT2D eigenvalue weighted by atomic mass is 10.0. The Kier molecular flexibility index (Phi) is 2.77. The molecular formula is C12H9NO5. The SMILES string of the molecule is O=C(c1ccc(=O)[nH]c1)c1ccc(O)c(O)c1O. The summed E-state index contributed by atoms with van der Waals surface area (Å²) >= 11 is 0. The lowest BCUT2D eigenvalue weighted by molar-refractivity contribution is 0.103. The van der Waals surface area contributed by atoms with Crippen LogP contribution in [-0.4, -0.2) is 26.1 Å². The molecule has 0 saturated heterocycles. The minimum Gasteiger partial charge on any atom is -0.504 e. The minimum atomic E-state index is -0.759. The molecule has 2 aromatic rings. The summed E-state index contributed by atoms with van der Waals surface area (Å²) in [7, 11) is 0. The standard InChI is InChI=1S/C12H9NO5/c14-8-3-2-7(11(17)12(8)18)10(16)6-1-4-9(15)13-5-6/h1-5,14,17-18H,(H,13,15). The highest BCUT2D eigenvalue weighted by Gasteiger charge is 2.18. The third kappa shape index (κ3) is 1.91. The van der Waals surface area contributed by atoms with E-state index in [0.717, 1.165) is 6.07 Å². The highest BCUT2D eigenvalue weighted by atomic mass is 16.3. The Hall–Kier alpha value is -2.76. The zero-order valence-electron chi connectivity index (χ0n) is 9.04. The molecule has 92 valence electrons. The third-order valence-corrected chi connectivity index (χ3v) is 2.42. The molecule has 0 radical (unpaired) electrons. The monoisotopic (exact) mass is 247 g/mol. The number of phenolic OH excluding ortho intramolecular Hbond substituents is 3.